The Kier molecular flexibility index (Phi) is 10.3. The van der Waals surface area contributed by atoms with Gasteiger partial charge in [-0.2, -0.15) is 0 Å². The molecule has 18 heavy (non-hydrogen) atoms. The van der Waals surface area contributed by atoms with Crippen LogP contribution in [0.4, 0.5) is 4.79 Å². The van der Waals surface area contributed by atoms with Gasteiger partial charge in [-0.1, -0.05) is 6.92 Å². The number of aliphatic hydroxyl groups is 1. The third kappa shape index (κ3) is 10.0. The molecule has 0 rings (SSSR count). The number of nitrogens with one attached hydrogen (secondary N) is 2. The second-order valence-electron chi connectivity index (χ2n) is 4.33. The summed E-state index contributed by atoms with van der Waals surface area (Å²) in [5, 5.41) is 13.5. The Hall–Kier alpha value is -1.14. The Morgan fingerprint density at radius 1 is 1.22 bits per heavy atom. The topological polar surface area (TPSA) is 81.7 Å². The molecule has 0 aromatic heterocycles. The number of aliphatic hydroxyl groups excluding tert-OH is 1. The van der Waals surface area contributed by atoms with Gasteiger partial charge in [0, 0.05) is 13.2 Å². The summed E-state index contributed by atoms with van der Waals surface area (Å²) >= 11 is 0. The molecule has 0 spiro atoms. The van der Waals surface area contributed by atoms with Crippen molar-refractivity contribution in [3.8, 4) is 0 Å². The minimum atomic E-state index is -0.435. The molecule has 106 valence electrons. The quantitative estimate of drug-likeness (QED) is 0.521. The standard InChI is InChI=1S/C12H25N3O3/c1-3-7-13-12(18)14-11(17)10-15(2)8-5-4-6-9-16/h16H,3-10H2,1-2H3,(H2,13,14,17,18). The maximum atomic E-state index is 11.5. The molecule has 0 aromatic carbocycles. The number of carbonyl (C=O) groups excluding carboxylic acids is 2. The lowest BCUT2D eigenvalue weighted by Crippen LogP contribution is -2.44. The summed E-state index contributed by atoms with van der Waals surface area (Å²) in [5.74, 6) is -0.298. The zero-order chi connectivity index (χ0) is 13.8. The average molecular weight is 259 g/mol. The highest BCUT2D eigenvalue weighted by molar-refractivity contribution is 5.95. The van der Waals surface area contributed by atoms with E-state index in [2.05, 4.69) is 10.6 Å². The van der Waals surface area contributed by atoms with E-state index in [4.69, 9.17) is 5.11 Å². The molecule has 0 heterocycles. The van der Waals surface area contributed by atoms with Gasteiger partial charge in [0.1, 0.15) is 0 Å². The first kappa shape index (κ1) is 16.9. The zero-order valence-corrected chi connectivity index (χ0v) is 11.4. The molecule has 3 amide bonds. The fraction of sp³-hybridized carbons (Fsp3) is 0.833. The van der Waals surface area contributed by atoms with E-state index in [0.29, 0.717) is 6.54 Å². The highest BCUT2D eigenvalue weighted by Crippen LogP contribution is 1.96. The first-order valence-electron chi connectivity index (χ1n) is 6.47. The predicted molar refractivity (Wildman–Crippen MR) is 70.3 cm³/mol. The van der Waals surface area contributed by atoms with Gasteiger partial charge < -0.3 is 10.4 Å². The fourth-order valence-corrected chi connectivity index (χ4v) is 1.44. The fourth-order valence-electron chi connectivity index (χ4n) is 1.44. The molecular weight excluding hydrogens is 234 g/mol. The lowest BCUT2D eigenvalue weighted by molar-refractivity contribution is -0.120. The summed E-state index contributed by atoms with van der Waals surface area (Å²) in [6, 6.07) is -0.435. The number of nitrogens with zero attached hydrogens (tertiary/aromatic N) is 1. The van der Waals surface area contributed by atoms with Gasteiger partial charge in [0.2, 0.25) is 5.91 Å². The molecule has 0 saturated carbocycles. The smallest absolute Gasteiger partial charge is 0.321 e. The van der Waals surface area contributed by atoms with Crippen molar-refractivity contribution in [3.63, 3.8) is 0 Å². The van der Waals surface area contributed by atoms with E-state index in [1.165, 1.54) is 0 Å². The maximum absolute atomic E-state index is 11.5. The Morgan fingerprint density at radius 3 is 2.56 bits per heavy atom. The summed E-state index contributed by atoms with van der Waals surface area (Å²) in [6.45, 7) is 3.71. The predicted octanol–water partition coefficient (Wildman–Crippen LogP) is 0.317. The van der Waals surface area contributed by atoms with Crippen molar-refractivity contribution in [3.05, 3.63) is 0 Å². The Morgan fingerprint density at radius 2 is 1.94 bits per heavy atom. The van der Waals surface area contributed by atoms with Crippen LogP contribution in [0.15, 0.2) is 0 Å². The lowest BCUT2D eigenvalue weighted by atomic mass is 10.2. The number of amides is 3. The molecule has 0 bridgehead atoms. The van der Waals surface area contributed by atoms with Crippen LogP contribution < -0.4 is 10.6 Å². The monoisotopic (exact) mass is 259 g/mol. The molecule has 0 aromatic rings. The van der Waals surface area contributed by atoms with Gasteiger partial charge in [0.15, 0.2) is 0 Å². The highest BCUT2D eigenvalue weighted by Gasteiger charge is 2.09. The second kappa shape index (κ2) is 11.0. The van der Waals surface area contributed by atoms with Crippen molar-refractivity contribution < 1.29 is 14.7 Å². The third-order valence-corrected chi connectivity index (χ3v) is 2.40. The summed E-state index contributed by atoms with van der Waals surface area (Å²) in [7, 11) is 1.84. The van der Waals surface area contributed by atoms with Crippen LogP contribution in [0.25, 0.3) is 0 Å². The maximum Gasteiger partial charge on any atom is 0.321 e. The van der Waals surface area contributed by atoms with Crippen molar-refractivity contribution in [1.29, 1.82) is 0 Å². The molecule has 3 N–H and O–H groups in total. The minimum Gasteiger partial charge on any atom is -0.396 e. The van der Waals surface area contributed by atoms with Gasteiger partial charge in [-0.25, -0.2) is 4.79 Å². The Balaban J connectivity index is 3.63. The number of imide groups is 1. The van der Waals surface area contributed by atoms with E-state index in [1.54, 1.807) is 0 Å². The molecule has 0 aliphatic heterocycles. The molecule has 0 radical (unpaired) electrons. The average Bonchev–Trinajstić information content (AvgIpc) is 2.31. The van der Waals surface area contributed by atoms with Crippen LogP contribution in [0.3, 0.4) is 0 Å². The molecule has 6 heteroatoms. The van der Waals surface area contributed by atoms with E-state index >= 15 is 0 Å². The number of hydrogen-bond acceptors (Lipinski definition) is 4. The van der Waals surface area contributed by atoms with Crippen molar-refractivity contribution in [2.24, 2.45) is 0 Å². The summed E-state index contributed by atoms with van der Waals surface area (Å²) in [4.78, 5) is 24.5. The van der Waals surface area contributed by atoms with E-state index in [9.17, 15) is 9.59 Å². The van der Waals surface area contributed by atoms with E-state index < -0.39 is 6.03 Å². The molecule has 0 fully saturated rings. The van der Waals surface area contributed by atoms with Crippen LogP contribution in [0.1, 0.15) is 32.6 Å². The molecule has 0 atom stereocenters. The SMILES string of the molecule is CCCNC(=O)NC(=O)CN(C)CCCCCO. The van der Waals surface area contributed by atoms with Gasteiger partial charge in [-0.05, 0) is 39.3 Å². The van der Waals surface area contributed by atoms with Crippen LogP contribution in [0, 0.1) is 0 Å². The normalized spacial score (nSPS) is 10.4. The van der Waals surface area contributed by atoms with Gasteiger partial charge >= 0.3 is 6.03 Å². The first-order chi connectivity index (χ1) is 8.60. The van der Waals surface area contributed by atoms with Crippen LogP contribution in [0.2, 0.25) is 0 Å². The summed E-state index contributed by atoms with van der Waals surface area (Å²) in [5.41, 5.74) is 0. The lowest BCUT2D eigenvalue weighted by Gasteiger charge is -2.15. The van der Waals surface area contributed by atoms with Crippen molar-refractivity contribution in [1.82, 2.24) is 15.5 Å². The summed E-state index contributed by atoms with van der Waals surface area (Å²) < 4.78 is 0. The molecule has 0 aliphatic carbocycles. The number of likely N-dealkylation sites (N-methyl/N-ethyl adjacent to an activating group) is 1. The third-order valence-electron chi connectivity index (χ3n) is 2.40. The van der Waals surface area contributed by atoms with Crippen molar-refractivity contribution in [2.45, 2.75) is 32.6 Å². The zero-order valence-electron chi connectivity index (χ0n) is 11.4. The number of urea groups is 1. The number of carbonyl (C=O) groups is 2. The molecule has 6 nitrogen and oxygen atoms in total. The van der Waals surface area contributed by atoms with Crippen LogP contribution in [0.5, 0.6) is 0 Å². The highest BCUT2D eigenvalue weighted by atomic mass is 16.3. The van der Waals surface area contributed by atoms with Gasteiger partial charge in [0.05, 0.1) is 6.54 Å². The first-order valence-corrected chi connectivity index (χ1v) is 6.47. The molecule has 0 unspecified atom stereocenters. The van der Waals surface area contributed by atoms with Gasteiger partial charge in [0.25, 0.3) is 0 Å². The van der Waals surface area contributed by atoms with Gasteiger partial charge in [-0.15, -0.1) is 0 Å². The second-order valence-corrected chi connectivity index (χ2v) is 4.33. The molecule has 0 aliphatic rings. The molecular formula is C12H25N3O3. The van der Waals surface area contributed by atoms with Crippen molar-refractivity contribution >= 4 is 11.9 Å². The Labute approximate surface area is 109 Å². The van der Waals surface area contributed by atoms with E-state index in [0.717, 1.165) is 32.2 Å². The van der Waals surface area contributed by atoms with Crippen LogP contribution in [-0.4, -0.2) is 55.2 Å². The number of unbranched alkanes of at least 4 members (excludes halogenated alkanes) is 2. The summed E-state index contributed by atoms with van der Waals surface area (Å²) in [6.07, 6.45) is 3.51. The van der Waals surface area contributed by atoms with Crippen molar-refractivity contribution in [2.75, 3.05) is 33.3 Å². The molecule has 0 saturated heterocycles. The van der Waals surface area contributed by atoms with E-state index in [-0.39, 0.29) is 19.1 Å². The minimum absolute atomic E-state index is 0.207. The van der Waals surface area contributed by atoms with Crippen LogP contribution in [-0.2, 0) is 4.79 Å². The van der Waals surface area contributed by atoms with Gasteiger partial charge in [-0.3, -0.25) is 15.0 Å². The largest absolute Gasteiger partial charge is 0.396 e. The van der Waals surface area contributed by atoms with Crippen LogP contribution >= 0.6 is 0 Å². The number of hydrogen-bond donors (Lipinski definition) is 3. The van der Waals surface area contributed by atoms with E-state index in [1.807, 2.05) is 18.9 Å². The number of rotatable bonds is 9. The Bertz CT molecular complexity index is 247.